The molecule has 3 aromatic heterocycles. The van der Waals surface area contributed by atoms with Gasteiger partial charge in [-0.3, -0.25) is 37.7 Å². The van der Waals surface area contributed by atoms with Crippen LogP contribution in [0.3, 0.4) is 0 Å². The maximum absolute atomic E-state index is 14.4. The number of rotatable bonds is 10. The smallest absolute Gasteiger partial charge is 0.394 e. The Bertz CT molecular complexity index is 1720. The van der Waals surface area contributed by atoms with Gasteiger partial charge in [0.05, 0.1) is 19.5 Å². The van der Waals surface area contributed by atoms with Gasteiger partial charge in [0.15, 0.2) is 17.4 Å². The minimum Gasteiger partial charge on any atom is -0.394 e. The van der Waals surface area contributed by atoms with E-state index < -0.39 is 80.7 Å². The van der Waals surface area contributed by atoms with Gasteiger partial charge < -0.3 is 30.2 Å². The molecule has 20 heteroatoms. The Balaban J connectivity index is 1.21. The molecule has 44 heavy (non-hydrogen) atoms. The van der Waals surface area contributed by atoms with Crippen molar-refractivity contribution in [1.82, 2.24) is 33.7 Å². The van der Waals surface area contributed by atoms with Crippen LogP contribution >= 0.6 is 7.75 Å². The Kier molecular flexibility index (Phi) is 8.57. The summed E-state index contributed by atoms with van der Waals surface area (Å²) in [6.45, 7) is -0.0391. The standard InChI is InChI=1S/C24H33N8O11P/c1-39-19-18(35)14(42-22(19)31-7-4-15(34)27-24(31)37)10-40-44(38,30-5-2-3-6-30)43-12-8-16(41-13(12)9-33)32-11-26-17-20(32)28-23(25)29-21(17)36/h4,7,11-14,16,18-19,22,33,35H,2-3,5-6,8-10H2,1H3,(H,27,34,37)(H3,25,28,29,36)/t12?,13-,14-,16-,18?,19?,22-,44?/m1/s1. The number of ether oxygens (including phenoxy) is 3. The van der Waals surface area contributed by atoms with Gasteiger partial charge in [0.2, 0.25) is 5.95 Å². The number of H-pyrrole nitrogens is 2. The molecular weight excluding hydrogens is 607 g/mol. The second-order valence-corrected chi connectivity index (χ2v) is 12.6. The highest BCUT2D eigenvalue weighted by Gasteiger charge is 2.49. The number of nitrogens with zero attached hydrogens (tertiary/aromatic N) is 5. The lowest BCUT2D eigenvalue weighted by molar-refractivity contribution is -0.0646. The number of hydrogen-bond acceptors (Lipinski definition) is 14. The van der Waals surface area contributed by atoms with E-state index in [1.165, 1.54) is 24.2 Å². The Morgan fingerprint density at radius 2 is 1.93 bits per heavy atom. The van der Waals surface area contributed by atoms with Crippen molar-refractivity contribution >= 4 is 24.9 Å². The number of nitrogen functional groups attached to an aromatic ring is 1. The first-order chi connectivity index (χ1) is 21.1. The van der Waals surface area contributed by atoms with Gasteiger partial charge in [0, 0.05) is 38.9 Å². The number of anilines is 1. The monoisotopic (exact) mass is 640 g/mol. The summed E-state index contributed by atoms with van der Waals surface area (Å²) in [5.41, 5.74) is 4.04. The summed E-state index contributed by atoms with van der Waals surface area (Å²) in [5, 5.41) is 21.1. The van der Waals surface area contributed by atoms with Crippen molar-refractivity contribution < 1.29 is 38.0 Å². The second-order valence-electron chi connectivity index (χ2n) is 10.7. The highest BCUT2D eigenvalue weighted by Crippen LogP contribution is 2.57. The molecule has 0 radical (unpaired) electrons. The van der Waals surface area contributed by atoms with E-state index >= 15 is 0 Å². The van der Waals surface area contributed by atoms with Crippen molar-refractivity contribution in [1.29, 1.82) is 0 Å². The Hall–Kier alpha value is -3.26. The molecule has 3 fully saturated rings. The molecule has 3 aliphatic heterocycles. The molecule has 19 nitrogen and oxygen atoms in total. The van der Waals surface area contributed by atoms with Crippen LogP contribution in [-0.2, 0) is 27.8 Å². The number of methoxy groups -OCH3 is 1. The summed E-state index contributed by atoms with van der Waals surface area (Å²) >= 11 is 0. The van der Waals surface area contributed by atoms with Gasteiger partial charge in [-0.2, -0.15) is 4.98 Å². The molecular formula is C24H33N8O11P. The normalized spacial score (nSPS) is 30.8. The van der Waals surface area contributed by atoms with Crippen molar-refractivity contribution in [2.75, 3.05) is 39.1 Å². The maximum Gasteiger partial charge on any atom is 0.408 e. The van der Waals surface area contributed by atoms with Crippen LogP contribution in [0, 0.1) is 0 Å². The third kappa shape index (κ3) is 5.66. The largest absolute Gasteiger partial charge is 0.408 e. The van der Waals surface area contributed by atoms with E-state index in [0.717, 1.165) is 23.5 Å². The van der Waals surface area contributed by atoms with Gasteiger partial charge in [-0.05, 0) is 12.8 Å². The van der Waals surface area contributed by atoms with Gasteiger partial charge in [-0.25, -0.2) is 19.0 Å². The number of aliphatic hydroxyl groups is 2. The Morgan fingerprint density at radius 3 is 2.64 bits per heavy atom. The summed E-state index contributed by atoms with van der Waals surface area (Å²) in [5.74, 6) is -0.111. The van der Waals surface area contributed by atoms with Crippen molar-refractivity contribution in [2.24, 2.45) is 0 Å². The molecule has 0 aliphatic carbocycles. The molecule has 8 atom stereocenters. The second kappa shape index (κ2) is 12.3. The highest BCUT2D eigenvalue weighted by molar-refractivity contribution is 7.51. The fourth-order valence-electron chi connectivity index (χ4n) is 5.73. The lowest BCUT2D eigenvalue weighted by Crippen LogP contribution is -2.39. The van der Waals surface area contributed by atoms with Gasteiger partial charge >= 0.3 is 13.4 Å². The lowest BCUT2D eigenvalue weighted by Gasteiger charge is -2.30. The van der Waals surface area contributed by atoms with E-state index in [9.17, 15) is 29.2 Å². The van der Waals surface area contributed by atoms with Crippen LogP contribution in [-0.4, -0.2) is 108 Å². The maximum atomic E-state index is 14.4. The van der Waals surface area contributed by atoms with Gasteiger partial charge in [0.1, 0.15) is 36.7 Å². The number of hydrogen-bond donors (Lipinski definition) is 5. The predicted octanol–water partition coefficient (Wildman–Crippen LogP) is -1.59. The van der Waals surface area contributed by atoms with Crippen LogP contribution in [0.25, 0.3) is 11.2 Å². The van der Waals surface area contributed by atoms with E-state index in [-0.39, 0.29) is 23.5 Å². The van der Waals surface area contributed by atoms with E-state index in [4.69, 9.17) is 29.0 Å². The quantitative estimate of drug-likeness (QED) is 0.157. The minimum absolute atomic E-state index is 0.0469. The van der Waals surface area contributed by atoms with Crippen LogP contribution < -0.4 is 22.5 Å². The SMILES string of the molecule is COC1C(O)[C@@H](COP(=O)(OC2C[C@H](n3cnc4c(=O)[nH]c(N)nc43)O[C@@H]2CO)N2CCCC2)O[C@H]1n1ccc(=O)[nH]c1=O. The van der Waals surface area contributed by atoms with Crippen LogP contribution in [0.4, 0.5) is 5.95 Å². The number of imidazole rings is 1. The Morgan fingerprint density at radius 1 is 1.16 bits per heavy atom. The molecule has 6 heterocycles. The van der Waals surface area contributed by atoms with E-state index in [1.807, 2.05) is 0 Å². The highest BCUT2D eigenvalue weighted by atomic mass is 31.2. The Labute approximate surface area is 248 Å². The van der Waals surface area contributed by atoms with Gasteiger partial charge in [0.25, 0.3) is 11.1 Å². The summed E-state index contributed by atoms with van der Waals surface area (Å²) in [7, 11) is -2.74. The van der Waals surface area contributed by atoms with Crippen molar-refractivity contribution in [3.05, 3.63) is 49.8 Å². The zero-order valence-corrected chi connectivity index (χ0v) is 24.4. The molecule has 4 unspecified atom stereocenters. The lowest BCUT2D eigenvalue weighted by atomic mass is 10.1. The number of aromatic nitrogens is 6. The van der Waals surface area contributed by atoms with Crippen molar-refractivity contribution in [3.8, 4) is 0 Å². The fraction of sp³-hybridized carbons (Fsp3) is 0.625. The van der Waals surface area contributed by atoms with Gasteiger partial charge in [-0.15, -0.1) is 0 Å². The molecule has 0 saturated carbocycles. The molecule has 3 aliphatic rings. The summed E-state index contributed by atoms with van der Waals surface area (Å²) in [6.07, 6.45) is -2.95. The number of fused-ring (bicyclic) bond motifs is 1. The van der Waals surface area contributed by atoms with Crippen LogP contribution in [0.1, 0.15) is 31.7 Å². The first-order valence-electron chi connectivity index (χ1n) is 14.0. The summed E-state index contributed by atoms with van der Waals surface area (Å²) in [4.78, 5) is 48.9. The molecule has 240 valence electrons. The van der Waals surface area contributed by atoms with Crippen molar-refractivity contribution in [2.45, 2.75) is 62.2 Å². The van der Waals surface area contributed by atoms with Crippen LogP contribution in [0.15, 0.2) is 33.0 Å². The fourth-order valence-corrected chi connectivity index (χ4v) is 7.75. The molecule has 0 spiro atoms. The van der Waals surface area contributed by atoms with E-state index in [2.05, 4.69) is 19.9 Å². The van der Waals surface area contributed by atoms with Crippen LogP contribution in [0.5, 0.6) is 0 Å². The zero-order valence-electron chi connectivity index (χ0n) is 23.6. The van der Waals surface area contributed by atoms with Crippen LogP contribution in [0.2, 0.25) is 0 Å². The van der Waals surface area contributed by atoms with Gasteiger partial charge in [-0.1, -0.05) is 0 Å². The third-order valence-corrected chi connectivity index (χ3v) is 10.0. The number of nitrogens with two attached hydrogens (primary N) is 1. The molecule has 0 bridgehead atoms. The first kappa shape index (κ1) is 30.8. The predicted molar refractivity (Wildman–Crippen MR) is 149 cm³/mol. The number of aliphatic hydroxyl groups excluding tert-OH is 2. The summed E-state index contributed by atoms with van der Waals surface area (Å²) < 4.78 is 47.8. The molecule has 3 aromatic rings. The average Bonchev–Trinajstić information content (AvgIpc) is 3.78. The average molecular weight is 641 g/mol. The first-order valence-corrected chi connectivity index (χ1v) is 15.5. The number of aromatic amines is 2. The molecule has 6 rings (SSSR count). The topological polar surface area (TPSA) is 251 Å². The van der Waals surface area contributed by atoms with E-state index in [1.54, 1.807) is 4.67 Å². The van der Waals surface area contributed by atoms with E-state index in [0.29, 0.717) is 13.1 Å². The summed E-state index contributed by atoms with van der Waals surface area (Å²) in [6, 6.07) is 1.13. The minimum atomic E-state index is -4.07. The zero-order chi connectivity index (χ0) is 31.2. The van der Waals surface area contributed by atoms with Crippen molar-refractivity contribution in [3.63, 3.8) is 0 Å². The molecule has 3 saturated heterocycles. The molecule has 0 aromatic carbocycles. The third-order valence-electron chi connectivity index (χ3n) is 7.93. The molecule has 6 N–H and O–H groups in total. The molecule has 0 amide bonds. The number of nitrogens with one attached hydrogen (secondary N) is 2.